The maximum absolute atomic E-state index is 11.1. The van der Waals surface area contributed by atoms with Crippen molar-refractivity contribution in [1.29, 1.82) is 0 Å². The Balaban J connectivity index is 0.000000321. The Morgan fingerprint density at radius 3 is 1.41 bits per heavy atom. The molecule has 8 heteroatoms. The normalized spacial score (nSPS) is 21.7. The van der Waals surface area contributed by atoms with Crippen LogP contribution in [0.2, 0.25) is 0 Å². The van der Waals surface area contributed by atoms with Gasteiger partial charge in [-0.15, -0.1) is 0 Å². The second kappa shape index (κ2) is 15.4. The Morgan fingerprint density at radius 1 is 0.735 bits per heavy atom. The minimum absolute atomic E-state index is 0. The summed E-state index contributed by atoms with van der Waals surface area (Å²) < 4.78 is 11.3. The van der Waals surface area contributed by atoms with Crippen molar-refractivity contribution in [1.82, 2.24) is 0 Å². The molecule has 2 aromatic rings. The van der Waals surface area contributed by atoms with Crippen LogP contribution in [0.4, 0.5) is 0 Å². The molecule has 6 nitrogen and oxygen atoms in total. The first-order valence-electron chi connectivity index (χ1n) is 11.3. The number of hydrogen-bond acceptors (Lipinski definition) is 6. The molecule has 0 amide bonds. The van der Waals surface area contributed by atoms with Gasteiger partial charge >= 0.3 is 59.1 Å². The average molecular weight is 485 g/mol. The van der Waals surface area contributed by atoms with Gasteiger partial charge < -0.3 is 29.3 Å². The summed E-state index contributed by atoms with van der Waals surface area (Å²) in [6, 6.07) is 15.5. The molecule has 0 spiro atoms. The predicted octanol–water partition coefficient (Wildman–Crippen LogP) is -3.84. The molecule has 0 bridgehead atoms. The number of carbonyl (C=O) groups excluding carboxylic acids is 2. The van der Waals surface area contributed by atoms with E-state index < -0.39 is 23.8 Å². The van der Waals surface area contributed by atoms with E-state index in [2.05, 4.69) is 0 Å². The molecule has 0 saturated heterocycles. The molecule has 0 aliphatic heterocycles. The summed E-state index contributed by atoms with van der Waals surface area (Å²) >= 11 is 0. The molecule has 4 rings (SSSR count). The Labute approximate surface area is 246 Å². The molecule has 172 valence electrons. The Kier molecular flexibility index (Phi) is 14.2. The van der Waals surface area contributed by atoms with Gasteiger partial charge in [-0.1, -0.05) is 62.4 Å². The minimum Gasteiger partial charge on any atom is -0.550 e. The molecule has 2 aliphatic rings. The van der Waals surface area contributed by atoms with Crippen LogP contribution in [0.1, 0.15) is 61.2 Å². The van der Waals surface area contributed by atoms with Gasteiger partial charge in [0.1, 0.15) is 0 Å². The first kappa shape index (κ1) is 31.3. The molecule has 0 saturated carbocycles. The second-order valence-electron chi connectivity index (χ2n) is 8.24. The molecular weight excluding hydrogens is 454 g/mol. The van der Waals surface area contributed by atoms with Gasteiger partial charge in [-0.25, -0.2) is 0 Å². The van der Waals surface area contributed by atoms with E-state index in [0.717, 1.165) is 35.1 Å². The van der Waals surface area contributed by atoms with E-state index in [1.54, 1.807) is 0 Å². The summed E-state index contributed by atoms with van der Waals surface area (Å²) in [6.07, 6.45) is 2.15. The van der Waals surface area contributed by atoms with Crippen molar-refractivity contribution in [3.8, 4) is 0 Å². The van der Waals surface area contributed by atoms with Gasteiger partial charge in [0.2, 0.25) is 0 Å². The number of fused-ring (bicyclic) bond motifs is 2. The molecular formula is C26H30Na2O6. The molecule has 34 heavy (non-hydrogen) atoms. The second-order valence-corrected chi connectivity index (χ2v) is 8.24. The number of carbonyl (C=O) groups is 2. The summed E-state index contributed by atoms with van der Waals surface area (Å²) in [7, 11) is 0. The summed E-state index contributed by atoms with van der Waals surface area (Å²) in [6.45, 7) is 5.19. The van der Waals surface area contributed by atoms with E-state index in [0.29, 0.717) is 26.1 Å². The number of benzene rings is 2. The monoisotopic (exact) mass is 484 g/mol. The minimum atomic E-state index is -1.02. The molecule has 2 aliphatic carbocycles. The average Bonchev–Trinajstić information content (AvgIpc) is 3.35. The van der Waals surface area contributed by atoms with Crippen LogP contribution in [-0.2, 0) is 31.9 Å². The van der Waals surface area contributed by atoms with Crippen molar-refractivity contribution >= 4 is 11.9 Å². The van der Waals surface area contributed by atoms with Crippen LogP contribution in [0.15, 0.2) is 48.5 Å². The van der Waals surface area contributed by atoms with Crippen LogP contribution >= 0.6 is 0 Å². The maximum Gasteiger partial charge on any atom is 1.00 e. The van der Waals surface area contributed by atoms with Crippen molar-refractivity contribution in [3.63, 3.8) is 0 Å². The van der Waals surface area contributed by atoms with Crippen LogP contribution < -0.4 is 69.3 Å². The number of carboxylic acid groups (broad SMARTS) is 2. The Bertz CT molecular complexity index is 860. The van der Waals surface area contributed by atoms with Crippen molar-refractivity contribution in [3.05, 3.63) is 70.8 Å². The van der Waals surface area contributed by atoms with Crippen LogP contribution in [0.25, 0.3) is 0 Å². The largest absolute Gasteiger partial charge is 1.00 e. The van der Waals surface area contributed by atoms with Gasteiger partial charge in [0, 0.05) is 37.0 Å². The van der Waals surface area contributed by atoms with Crippen molar-refractivity contribution in [2.24, 2.45) is 11.8 Å². The number of ether oxygens (including phenoxy) is 2. The Hall–Kier alpha value is -0.700. The summed E-state index contributed by atoms with van der Waals surface area (Å²) in [5.74, 6) is -3.11. The Morgan fingerprint density at radius 2 is 1.09 bits per heavy atom. The number of carboxylic acids is 2. The molecule has 2 aromatic carbocycles. The third kappa shape index (κ3) is 7.65. The van der Waals surface area contributed by atoms with Crippen LogP contribution in [0.3, 0.4) is 0 Å². The molecule has 0 radical (unpaired) electrons. The SMILES string of the molecule is CCCOC1c2ccccc2CC1C(=O)[O-].CCCOC1c2ccccc2CC1C(=O)[O-].[Na+].[Na+]. The van der Waals surface area contributed by atoms with Crippen LogP contribution in [-0.4, -0.2) is 25.2 Å². The third-order valence-corrected chi connectivity index (χ3v) is 5.94. The molecule has 0 N–H and O–H groups in total. The third-order valence-electron chi connectivity index (χ3n) is 5.94. The fourth-order valence-electron chi connectivity index (χ4n) is 4.43. The van der Waals surface area contributed by atoms with Crippen molar-refractivity contribution < 1.29 is 88.4 Å². The summed E-state index contributed by atoms with van der Waals surface area (Å²) in [5, 5.41) is 22.1. The first-order chi connectivity index (χ1) is 15.5. The van der Waals surface area contributed by atoms with Gasteiger partial charge in [0.05, 0.1) is 12.2 Å². The number of hydrogen-bond donors (Lipinski definition) is 0. The van der Waals surface area contributed by atoms with Gasteiger partial charge in [-0.2, -0.15) is 0 Å². The smallest absolute Gasteiger partial charge is 0.550 e. The molecule has 0 fully saturated rings. The van der Waals surface area contributed by atoms with E-state index in [1.807, 2.05) is 62.4 Å². The molecule has 0 aromatic heterocycles. The van der Waals surface area contributed by atoms with Gasteiger partial charge in [-0.05, 0) is 47.9 Å². The predicted molar refractivity (Wildman–Crippen MR) is 115 cm³/mol. The maximum atomic E-state index is 11.1. The fourth-order valence-corrected chi connectivity index (χ4v) is 4.43. The zero-order chi connectivity index (χ0) is 23.1. The molecule has 4 unspecified atom stereocenters. The first-order valence-corrected chi connectivity index (χ1v) is 11.3. The van der Waals surface area contributed by atoms with Gasteiger partial charge in [-0.3, -0.25) is 0 Å². The zero-order valence-electron chi connectivity index (χ0n) is 20.6. The standard InChI is InChI=1S/2C13H16O3.2Na/c2*1-2-7-16-12-10-6-4-3-5-9(10)8-11(12)13(14)15;;/h2*3-6,11-12H,2,7-8H2,1H3,(H,14,15);;/q;;2*+1/p-2. The molecule has 0 heterocycles. The zero-order valence-corrected chi connectivity index (χ0v) is 24.6. The van der Waals surface area contributed by atoms with Crippen LogP contribution in [0.5, 0.6) is 0 Å². The molecule has 4 atom stereocenters. The summed E-state index contributed by atoms with van der Waals surface area (Å²) in [5.41, 5.74) is 4.14. The van der Waals surface area contributed by atoms with E-state index in [4.69, 9.17) is 9.47 Å². The van der Waals surface area contributed by atoms with Crippen LogP contribution in [0, 0.1) is 11.8 Å². The van der Waals surface area contributed by atoms with E-state index in [9.17, 15) is 19.8 Å². The van der Waals surface area contributed by atoms with E-state index >= 15 is 0 Å². The number of rotatable bonds is 8. The fraction of sp³-hybridized carbons (Fsp3) is 0.462. The quantitative estimate of drug-likeness (QED) is 0.356. The topological polar surface area (TPSA) is 98.7 Å². The van der Waals surface area contributed by atoms with E-state index in [-0.39, 0.29) is 71.3 Å². The van der Waals surface area contributed by atoms with Gasteiger partial charge in [0.15, 0.2) is 0 Å². The summed E-state index contributed by atoms with van der Waals surface area (Å²) in [4.78, 5) is 22.1. The van der Waals surface area contributed by atoms with Crippen molar-refractivity contribution in [2.75, 3.05) is 13.2 Å². The van der Waals surface area contributed by atoms with E-state index in [1.165, 1.54) is 0 Å². The van der Waals surface area contributed by atoms with Gasteiger partial charge in [0.25, 0.3) is 0 Å². The number of aliphatic carboxylic acids is 2. The van der Waals surface area contributed by atoms with Crippen molar-refractivity contribution in [2.45, 2.75) is 51.7 Å².